The average molecular weight is 505 g/mol. The number of carbonyl (C=O) groups is 2. The smallest absolute Gasteiger partial charge is 0.545 e. The SMILES string of the molecule is COCCN1C[C@@H](NC(=O)Nc2cc(-c3ccc(C(=O)[O-])cc3)nn2C)[C@H](c2ccc(F)c(F)c2)C1.[Li+]. The van der Waals surface area contributed by atoms with Crippen LogP contribution in [0.25, 0.3) is 11.3 Å². The molecule has 37 heavy (non-hydrogen) atoms. The molecule has 0 spiro atoms. The van der Waals surface area contributed by atoms with Gasteiger partial charge in [-0.1, -0.05) is 30.3 Å². The maximum Gasteiger partial charge on any atom is 1.00 e. The molecule has 3 aromatic rings. The van der Waals surface area contributed by atoms with Crippen molar-refractivity contribution in [2.45, 2.75) is 12.0 Å². The Labute approximate surface area is 225 Å². The first-order valence-electron chi connectivity index (χ1n) is 11.3. The number of hydrogen-bond acceptors (Lipinski definition) is 6. The minimum Gasteiger partial charge on any atom is -0.545 e. The van der Waals surface area contributed by atoms with Gasteiger partial charge in [0.25, 0.3) is 0 Å². The molecular weight excluding hydrogens is 479 g/mol. The number of hydrogen-bond donors (Lipinski definition) is 2. The third-order valence-corrected chi connectivity index (χ3v) is 6.23. The molecule has 12 heteroatoms. The molecule has 1 aliphatic heterocycles. The van der Waals surface area contributed by atoms with E-state index in [1.807, 2.05) is 0 Å². The standard InChI is InChI=1S/C25H27F2N5O4.Li/c1-31-23(12-21(30-31)15-3-5-16(6-4-15)24(33)34)29-25(35)28-22-14-32(9-10-36-2)13-18(22)17-7-8-19(26)20(27)11-17;/h3-8,11-12,18,22H,9-10,13-14H2,1-2H3,(H,33,34)(H2,28,29,35);/q;+1/p-1/t18-,22+;/m0./s1. The zero-order valence-corrected chi connectivity index (χ0v) is 20.8. The monoisotopic (exact) mass is 505 g/mol. The van der Waals surface area contributed by atoms with Gasteiger partial charge >= 0.3 is 24.9 Å². The van der Waals surface area contributed by atoms with Gasteiger partial charge in [0.2, 0.25) is 0 Å². The second-order valence-corrected chi connectivity index (χ2v) is 8.64. The van der Waals surface area contributed by atoms with Gasteiger partial charge in [-0.2, -0.15) is 5.10 Å². The number of aromatic nitrogens is 2. The molecule has 0 saturated carbocycles. The van der Waals surface area contributed by atoms with Crippen LogP contribution < -0.4 is 34.6 Å². The fourth-order valence-electron chi connectivity index (χ4n) is 4.34. The molecule has 2 heterocycles. The molecule has 4 rings (SSSR count). The van der Waals surface area contributed by atoms with Gasteiger partial charge in [0.05, 0.1) is 24.3 Å². The summed E-state index contributed by atoms with van der Waals surface area (Å²) in [5.74, 6) is -2.94. The van der Waals surface area contributed by atoms with E-state index >= 15 is 0 Å². The molecule has 0 bridgehead atoms. The van der Waals surface area contributed by atoms with E-state index in [1.54, 1.807) is 32.4 Å². The normalized spacial score (nSPS) is 17.3. The first-order chi connectivity index (χ1) is 17.2. The van der Waals surface area contributed by atoms with Gasteiger partial charge in [0.15, 0.2) is 11.6 Å². The number of ether oxygens (including phenoxy) is 1. The largest absolute Gasteiger partial charge is 1.00 e. The van der Waals surface area contributed by atoms with Crippen LogP contribution >= 0.6 is 0 Å². The molecule has 1 fully saturated rings. The number of anilines is 1. The minimum absolute atomic E-state index is 0. The molecule has 0 aliphatic carbocycles. The van der Waals surface area contributed by atoms with Crippen LogP contribution in [0.3, 0.4) is 0 Å². The van der Waals surface area contributed by atoms with E-state index in [0.717, 1.165) is 6.07 Å². The number of aryl methyl sites for hydroxylation is 1. The first-order valence-corrected chi connectivity index (χ1v) is 11.3. The summed E-state index contributed by atoms with van der Waals surface area (Å²) in [7, 11) is 3.27. The number of amides is 2. The number of methoxy groups -OCH3 is 1. The third-order valence-electron chi connectivity index (χ3n) is 6.23. The second kappa shape index (κ2) is 12.3. The second-order valence-electron chi connectivity index (χ2n) is 8.64. The Kier molecular flexibility index (Phi) is 9.45. The molecule has 1 aromatic heterocycles. The van der Waals surface area contributed by atoms with Gasteiger partial charge < -0.3 is 20.0 Å². The van der Waals surface area contributed by atoms with Crippen LogP contribution in [0.1, 0.15) is 21.8 Å². The predicted octanol–water partition coefficient (Wildman–Crippen LogP) is -1.03. The molecule has 9 nitrogen and oxygen atoms in total. The number of rotatable bonds is 8. The Bertz CT molecular complexity index is 1250. The Morgan fingerprint density at radius 1 is 1.11 bits per heavy atom. The van der Waals surface area contributed by atoms with E-state index in [-0.39, 0.29) is 36.4 Å². The van der Waals surface area contributed by atoms with E-state index in [1.165, 1.54) is 28.9 Å². The van der Waals surface area contributed by atoms with Gasteiger partial charge in [-0.3, -0.25) is 14.9 Å². The van der Waals surface area contributed by atoms with Crippen molar-refractivity contribution in [3.05, 3.63) is 71.3 Å². The van der Waals surface area contributed by atoms with Crippen molar-refractivity contribution in [1.29, 1.82) is 0 Å². The maximum absolute atomic E-state index is 13.9. The Morgan fingerprint density at radius 3 is 2.49 bits per heavy atom. The number of nitrogens with zero attached hydrogens (tertiary/aromatic N) is 3. The van der Waals surface area contributed by atoms with Crippen molar-refractivity contribution < 1.29 is 47.1 Å². The maximum atomic E-state index is 13.9. The molecule has 1 saturated heterocycles. The van der Waals surface area contributed by atoms with Crippen molar-refractivity contribution in [2.75, 3.05) is 38.7 Å². The zero-order chi connectivity index (χ0) is 25.8. The van der Waals surface area contributed by atoms with Crippen molar-refractivity contribution >= 4 is 17.8 Å². The van der Waals surface area contributed by atoms with E-state index < -0.39 is 23.6 Å². The summed E-state index contributed by atoms with van der Waals surface area (Å²) >= 11 is 0. The topological polar surface area (TPSA) is 112 Å². The number of urea groups is 1. The molecular formula is C25H26F2LiN5O4. The summed E-state index contributed by atoms with van der Waals surface area (Å²) in [6.45, 7) is 2.21. The summed E-state index contributed by atoms with van der Waals surface area (Å²) in [5, 5.41) is 21.1. The van der Waals surface area contributed by atoms with Crippen LogP contribution in [0, 0.1) is 11.6 Å². The number of aromatic carboxylic acids is 1. The quantitative estimate of drug-likeness (QED) is 0.379. The van der Waals surface area contributed by atoms with Crippen molar-refractivity contribution in [1.82, 2.24) is 20.0 Å². The number of carboxylic acid groups (broad SMARTS) is 1. The molecule has 1 aliphatic rings. The predicted molar refractivity (Wildman–Crippen MR) is 126 cm³/mol. The Morgan fingerprint density at radius 2 is 1.84 bits per heavy atom. The Hall–Kier alpha value is -3.23. The molecule has 190 valence electrons. The van der Waals surface area contributed by atoms with Gasteiger partial charge in [-0.25, -0.2) is 13.6 Å². The van der Waals surface area contributed by atoms with E-state index in [4.69, 9.17) is 4.74 Å². The molecule has 2 amide bonds. The molecule has 0 radical (unpaired) electrons. The van der Waals surface area contributed by atoms with Crippen molar-refractivity contribution in [3.63, 3.8) is 0 Å². The van der Waals surface area contributed by atoms with Gasteiger partial charge in [-0.15, -0.1) is 0 Å². The minimum atomic E-state index is -1.27. The van der Waals surface area contributed by atoms with E-state index in [0.29, 0.717) is 48.9 Å². The van der Waals surface area contributed by atoms with Crippen LogP contribution in [0.5, 0.6) is 0 Å². The van der Waals surface area contributed by atoms with Crippen molar-refractivity contribution in [3.8, 4) is 11.3 Å². The fourth-order valence-corrected chi connectivity index (χ4v) is 4.34. The number of nitrogens with one attached hydrogen (secondary N) is 2. The van der Waals surface area contributed by atoms with Crippen LogP contribution in [0.2, 0.25) is 0 Å². The van der Waals surface area contributed by atoms with E-state index in [9.17, 15) is 23.5 Å². The van der Waals surface area contributed by atoms with Gasteiger partial charge in [-0.05, 0) is 23.3 Å². The van der Waals surface area contributed by atoms with Crippen LogP contribution in [0.15, 0.2) is 48.5 Å². The number of benzene rings is 2. The van der Waals surface area contributed by atoms with Gasteiger partial charge in [0, 0.05) is 51.3 Å². The first kappa shape index (κ1) is 28.3. The molecule has 2 atom stereocenters. The van der Waals surface area contributed by atoms with E-state index in [2.05, 4.69) is 20.6 Å². The summed E-state index contributed by atoms with van der Waals surface area (Å²) in [6, 6.07) is 10.7. The average Bonchev–Trinajstić information content (AvgIpc) is 3.42. The van der Waals surface area contributed by atoms with Crippen molar-refractivity contribution in [2.24, 2.45) is 7.05 Å². The molecule has 2 aromatic carbocycles. The van der Waals surface area contributed by atoms with Crippen LogP contribution in [0.4, 0.5) is 19.4 Å². The Balaban J connectivity index is 0.00000380. The van der Waals surface area contributed by atoms with Crippen LogP contribution in [-0.2, 0) is 11.8 Å². The van der Waals surface area contributed by atoms with Gasteiger partial charge in [0.1, 0.15) is 5.82 Å². The number of likely N-dealkylation sites (tertiary alicyclic amines) is 1. The molecule has 0 unspecified atom stereocenters. The third kappa shape index (κ3) is 6.75. The summed E-state index contributed by atoms with van der Waals surface area (Å²) in [5.41, 5.74) is 1.87. The number of halogens is 2. The summed E-state index contributed by atoms with van der Waals surface area (Å²) in [4.78, 5) is 25.9. The number of carbonyl (C=O) groups excluding carboxylic acids is 2. The summed E-state index contributed by atoms with van der Waals surface area (Å²) < 4.78 is 34.0. The number of carboxylic acids is 1. The summed E-state index contributed by atoms with van der Waals surface area (Å²) in [6.07, 6.45) is 0. The zero-order valence-electron chi connectivity index (χ0n) is 20.8. The molecule has 2 N–H and O–H groups in total. The van der Waals surface area contributed by atoms with Crippen LogP contribution in [-0.4, -0.2) is 66.1 Å². The fraction of sp³-hybridized carbons (Fsp3) is 0.320.